The molecule has 1 unspecified atom stereocenters. The van der Waals surface area contributed by atoms with Gasteiger partial charge in [-0.05, 0) is 6.42 Å². The van der Waals surface area contributed by atoms with Crippen molar-refractivity contribution < 1.29 is 9.53 Å². The Morgan fingerprint density at radius 1 is 1.31 bits per heavy atom. The first-order valence-corrected chi connectivity index (χ1v) is 5.37. The third kappa shape index (κ3) is 3.07. The molecule has 3 nitrogen and oxygen atoms in total. The third-order valence-corrected chi connectivity index (χ3v) is 2.43. The summed E-state index contributed by atoms with van der Waals surface area (Å²) in [6.07, 6.45) is 6.38. The highest BCUT2D eigenvalue weighted by molar-refractivity contribution is 5.85. The van der Waals surface area contributed by atoms with E-state index in [2.05, 4.69) is 19.7 Å². The van der Waals surface area contributed by atoms with Crippen molar-refractivity contribution in [1.82, 2.24) is 4.90 Å². The Kier molecular flexibility index (Phi) is 4.99. The molecule has 0 aromatic carbocycles. The summed E-state index contributed by atoms with van der Waals surface area (Å²) in [5, 5.41) is 0. The lowest BCUT2D eigenvalue weighted by molar-refractivity contribution is -0.157. The average molecular weight is 220 g/mol. The van der Waals surface area contributed by atoms with Gasteiger partial charge in [-0.1, -0.05) is 18.2 Å². The summed E-state index contributed by atoms with van der Waals surface area (Å²) < 4.78 is 5.30. The van der Waals surface area contributed by atoms with Crippen LogP contribution < -0.4 is 0 Å². The molecule has 1 fully saturated rings. The van der Waals surface area contributed by atoms with Crippen LogP contribution in [0, 0.1) is 6.04 Å². The molecule has 1 heterocycles. The van der Waals surface area contributed by atoms with E-state index in [-0.39, 0.29) is 12.1 Å². The number of ether oxygens (including phenoxy) is 1. The summed E-state index contributed by atoms with van der Waals surface area (Å²) >= 11 is 0. The van der Waals surface area contributed by atoms with Crippen LogP contribution in [0.25, 0.3) is 0 Å². The summed E-state index contributed by atoms with van der Waals surface area (Å²) in [5.41, 5.74) is 0. The lowest BCUT2D eigenvalue weighted by atomic mass is 10.1. The largest absolute Gasteiger partial charge is 0.459 e. The second kappa shape index (κ2) is 6.28. The maximum absolute atomic E-state index is 11.7. The van der Waals surface area contributed by atoms with Crippen molar-refractivity contribution in [3.05, 3.63) is 44.0 Å². The molecule has 1 aliphatic heterocycles. The van der Waals surface area contributed by atoms with Gasteiger partial charge < -0.3 is 4.74 Å². The fraction of sp³-hybridized carbons (Fsp3) is 0.385. The van der Waals surface area contributed by atoms with Crippen LogP contribution in [-0.2, 0) is 9.53 Å². The smallest absolute Gasteiger partial charge is 0.329 e. The first kappa shape index (κ1) is 12.7. The van der Waals surface area contributed by atoms with Crippen molar-refractivity contribution in [2.75, 3.05) is 13.1 Å². The zero-order chi connectivity index (χ0) is 12.0. The molecule has 0 aliphatic carbocycles. The van der Waals surface area contributed by atoms with Gasteiger partial charge in [0.15, 0.2) is 6.04 Å². The lowest BCUT2D eigenvalue weighted by Crippen LogP contribution is -2.47. The van der Waals surface area contributed by atoms with Crippen LogP contribution in [0.4, 0.5) is 0 Å². The first-order chi connectivity index (χ1) is 7.72. The van der Waals surface area contributed by atoms with Gasteiger partial charge in [0, 0.05) is 19.5 Å². The van der Waals surface area contributed by atoms with E-state index in [0.717, 1.165) is 0 Å². The molecule has 1 aliphatic rings. The molecule has 0 amide bonds. The highest BCUT2D eigenvalue weighted by atomic mass is 16.5. The fourth-order valence-electron chi connectivity index (χ4n) is 1.74. The zero-order valence-electron chi connectivity index (χ0n) is 9.52. The fourth-order valence-corrected chi connectivity index (χ4v) is 1.74. The third-order valence-electron chi connectivity index (χ3n) is 2.43. The molecule has 87 valence electrons. The second-order valence-electron chi connectivity index (χ2n) is 3.68. The van der Waals surface area contributed by atoms with Crippen LogP contribution in [0.15, 0.2) is 38.0 Å². The Balaban J connectivity index is 2.70. The molecule has 3 heteroatoms. The second-order valence-corrected chi connectivity index (χ2v) is 3.68. The lowest BCUT2D eigenvalue weighted by Gasteiger charge is -2.36. The number of carbonyl (C=O) groups is 1. The van der Waals surface area contributed by atoms with Crippen LogP contribution in [-0.4, -0.2) is 30.1 Å². The van der Waals surface area contributed by atoms with Crippen molar-refractivity contribution in [2.45, 2.75) is 18.9 Å². The first-order valence-electron chi connectivity index (χ1n) is 5.37. The molecule has 0 aromatic rings. The maximum Gasteiger partial charge on any atom is 0.329 e. The van der Waals surface area contributed by atoms with E-state index in [4.69, 9.17) is 4.74 Å². The van der Waals surface area contributed by atoms with Gasteiger partial charge in [0.1, 0.15) is 6.10 Å². The highest BCUT2D eigenvalue weighted by Crippen LogP contribution is 2.24. The van der Waals surface area contributed by atoms with Crippen molar-refractivity contribution in [1.29, 1.82) is 0 Å². The number of rotatable bonds is 6. The van der Waals surface area contributed by atoms with Gasteiger partial charge in [-0.25, -0.2) is 4.79 Å². The van der Waals surface area contributed by atoms with Crippen LogP contribution in [0.1, 0.15) is 12.8 Å². The Morgan fingerprint density at radius 2 is 2.06 bits per heavy atom. The van der Waals surface area contributed by atoms with Crippen molar-refractivity contribution in [2.24, 2.45) is 0 Å². The van der Waals surface area contributed by atoms with Gasteiger partial charge in [0.05, 0.1) is 0 Å². The zero-order valence-corrected chi connectivity index (χ0v) is 9.52. The summed E-state index contributed by atoms with van der Waals surface area (Å²) in [6.45, 7) is 12.3. The number of esters is 1. The summed E-state index contributed by atoms with van der Waals surface area (Å²) in [5.74, 6) is -0.250. The predicted molar refractivity (Wildman–Crippen MR) is 64.5 cm³/mol. The molecule has 1 radical (unpaired) electrons. The van der Waals surface area contributed by atoms with Crippen LogP contribution in [0.5, 0.6) is 0 Å². The molecule has 0 aromatic heterocycles. The van der Waals surface area contributed by atoms with E-state index in [1.54, 1.807) is 18.2 Å². The van der Waals surface area contributed by atoms with Gasteiger partial charge in [-0.3, -0.25) is 4.90 Å². The van der Waals surface area contributed by atoms with E-state index in [1.807, 2.05) is 4.90 Å². The molecule has 0 spiro atoms. The van der Waals surface area contributed by atoms with E-state index in [9.17, 15) is 4.79 Å². The van der Waals surface area contributed by atoms with Crippen LogP contribution >= 0.6 is 0 Å². The molecular weight excluding hydrogens is 202 g/mol. The monoisotopic (exact) mass is 220 g/mol. The minimum Gasteiger partial charge on any atom is -0.459 e. The topological polar surface area (TPSA) is 29.5 Å². The minimum atomic E-state index is -0.250. The summed E-state index contributed by atoms with van der Waals surface area (Å²) in [6, 6.07) is 0.662. The van der Waals surface area contributed by atoms with Gasteiger partial charge in [0.25, 0.3) is 0 Å². The van der Waals surface area contributed by atoms with Gasteiger partial charge >= 0.3 is 5.97 Å². The van der Waals surface area contributed by atoms with E-state index in [1.165, 1.54) is 0 Å². The predicted octanol–water partition coefficient (Wildman–Crippen LogP) is 2.08. The Bertz CT molecular complexity index is 286. The molecule has 1 atom stereocenters. The summed E-state index contributed by atoms with van der Waals surface area (Å²) in [4.78, 5) is 13.7. The molecule has 1 rings (SSSR count). The maximum atomic E-state index is 11.7. The molecule has 0 N–H and O–H groups in total. The van der Waals surface area contributed by atoms with Crippen molar-refractivity contribution >= 4 is 5.97 Å². The highest BCUT2D eigenvalue weighted by Gasteiger charge is 2.35. The quantitative estimate of drug-likeness (QED) is 0.507. The summed E-state index contributed by atoms with van der Waals surface area (Å²) in [7, 11) is 0. The Morgan fingerprint density at radius 3 is 2.62 bits per heavy atom. The van der Waals surface area contributed by atoms with E-state index >= 15 is 0 Å². The standard InChI is InChI=1S/C13H18NO2/c1-4-7-11-10-14(9-6-3)12(8-5-2)13(15)16-11/h4-6,11H,1-3,7-10H2. The van der Waals surface area contributed by atoms with Gasteiger partial charge in [0.2, 0.25) is 0 Å². The van der Waals surface area contributed by atoms with Crippen molar-refractivity contribution in [3.8, 4) is 0 Å². The number of carbonyl (C=O) groups excluding carboxylic acids is 1. The minimum absolute atomic E-state index is 0.0986. The van der Waals surface area contributed by atoms with Crippen LogP contribution in [0.2, 0.25) is 0 Å². The normalized spacial score (nSPS) is 22.5. The molecule has 0 saturated carbocycles. The van der Waals surface area contributed by atoms with Crippen molar-refractivity contribution in [3.63, 3.8) is 0 Å². The molecule has 1 saturated heterocycles. The van der Waals surface area contributed by atoms with Crippen LogP contribution in [0.3, 0.4) is 0 Å². The number of cyclic esters (lactones) is 1. The van der Waals surface area contributed by atoms with E-state index < -0.39 is 0 Å². The number of morpholine rings is 1. The molecule has 16 heavy (non-hydrogen) atoms. The van der Waals surface area contributed by atoms with Gasteiger partial charge in [-0.2, -0.15) is 0 Å². The van der Waals surface area contributed by atoms with Gasteiger partial charge in [-0.15, -0.1) is 19.7 Å². The van der Waals surface area contributed by atoms with E-state index in [0.29, 0.717) is 32.0 Å². The number of hydrogen-bond acceptors (Lipinski definition) is 3. The SMILES string of the molecule is C=CC[C]1C(=O)OC(CC=C)CN1CC=C. The molecule has 0 bridgehead atoms. The number of hydrogen-bond donors (Lipinski definition) is 0. The average Bonchev–Trinajstić information content (AvgIpc) is 2.24. The molecular formula is C13H18NO2. The Hall–Kier alpha value is -1.35. The number of nitrogens with zero attached hydrogens (tertiary/aromatic N) is 1. The Labute approximate surface area is 97.1 Å².